The van der Waals surface area contributed by atoms with E-state index in [1.807, 2.05) is 11.8 Å². The third kappa shape index (κ3) is 4.77. The topological polar surface area (TPSA) is 15.8 Å². The molecule has 1 heterocycles. The van der Waals surface area contributed by atoms with Crippen LogP contribution in [0.3, 0.4) is 0 Å². The Balaban J connectivity index is 1.64. The van der Waals surface area contributed by atoms with Gasteiger partial charge in [0, 0.05) is 34.0 Å². The molecular formula is C31H29NS. The molecule has 0 saturated heterocycles. The first-order valence-electron chi connectivity index (χ1n) is 11.5. The maximum Gasteiger partial charge on any atom is 0.0457 e. The molecule has 0 amide bonds. The van der Waals surface area contributed by atoms with Gasteiger partial charge in [0.15, 0.2) is 0 Å². The van der Waals surface area contributed by atoms with E-state index in [0.717, 1.165) is 5.75 Å². The summed E-state index contributed by atoms with van der Waals surface area (Å²) in [5.74, 6) is 1.21. The van der Waals surface area contributed by atoms with Gasteiger partial charge < -0.3 is 4.98 Å². The summed E-state index contributed by atoms with van der Waals surface area (Å²) in [6.45, 7) is 4.32. The summed E-state index contributed by atoms with van der Waals surface area (Å²) in [5.41, 5.74) is 9.24. The number of thioether (sulfide) groups is 1. The first-order chi connectivity index (χ1) is 16.2. The van der Waals surface area contributed by atoms with Crippen LogP contribution in [0.25, 0.3) is 10.9 Å². The zero-order valence-electron chi connectivity index (χ0n) is 19.2. The molecule has 0 unspecified atom stereocenters. The second-order valence-corrected chi connectivity index (χ2v) is 9.94. The van der Waals surface area contributed by atoms with Gasteiger partial charge in [0.2, 0.25) is 0 Å². The molecule has 2 heteroatoms. The van der Waals surface area contributed by atoms with Gasteiger partial charge >= 0.3 is 0 Å². The van der Waals surface area contributed by atoms with Gasteiger partial charge in [0.05, 0.1) is 0 Å². The molecular weight excluding hydrogens is 418 g/mol. The fraction of sp³-hybridized carbons (Fsp3) is 0.161. The second kappa shape index (κ2) is 9.72. The van der Waals surface area contributed by atoms with E-state index in [2.05, 4.69) is 128 Å². The molecule has 5 rings (SSSR count). The van der Waals surface area contributed by atoms with Crippen LogP contribution in [0.1, 0.15) is 44.5 Å². The molecule has 0 bridgehead atoms. The summed E-state index contributed by atoms with van der Waals surface area (Å²) < 4.78 is 0. The van der Waals surface area contributed by atoms with Gasteiger partial charge in [0.25, 0.3) is 0 Å². The van der Waals surface area contributed by atoms with E-state index < -0.39 is 0 Å². The minimum absolute atomic E-state index is 0.234. The van der Waals surface area contributed by atoms with Crippen molar-refractivity contribution in [2.75, 3.05) is 0 Å². The second-order valence-electron chi connectivity index (χ2n) is 8.81. The van der Waals surface area contributed by atoms with Gasteiger partial charge in [-0.15, -0.1) is 11.8 Å². The van der Waals surface area contributed by atoms with E-state index in [1.54, 1.807) is 0 Å². The Bertz CT molecular complexity index is 1320. The lowest BCUT2D eigenvalue weighted by molar-refractivity contribution is 0.790. The monoisotopic (exact) mass is 447 g/mol. The van der Waals surface area contributed by atoms with Crippen LogP contribution in [-0.2, 0) is 5.75 Å². The molecule has 4 aromatic carbocycles. The largest absolute Gasteiger partial charge is 0.361 e. The third-order valence-electron chi connectivity index (χ3n) is 6.37. The van der Waals surface area contributed by atoms with Gasteiger partial charge in [-0.1, -0.05) is 108 Å². The van der Waals surface area contributed by atoms with E-state index in [0.29, 0.717) is 0 Å². The van der Waals surface area contributed by atoms with Crippen molar-refractivity contribution in [2.45, 2.75) is 30.8 Å². The number of hydrogen-bond donors (Lipinski definition) is 1. The van der Waals surface area contributed by atoms with E-state index in [9.17, 15) is 0 Å². The molecule has 1 nitrogen and oxygen atoms in total. The van der Waals surface area contributed by atoms with Crippen LogP contribution in [0.4, 0.5) is 0 Å². The van der Waals surface area contributed by atoms with Gasteiger partial charge in [-0.05, 0) is 42.2 Å². The Morgan fingerprint density at radius 3 is 1.97 bits per heavy atom. The molecule has 164 valence electrons. The van der Waals surface area contributed by atoms with Crippen LogP contribution in [-0.4, -0.2) is 4.98 Å². The quantitative estimate of drug-likeness (QED) is 0.264. The third-order valence-corrected chi connectivity index (χ3v) is 7.78. The average molecular weight is 448 g/mol. The number of aromatic nitrogens is 1. The lowest BCUT2D eigenvalue weighted by Gasteiger charge is -2.28. The molecule has 33 heavy (non-hydrogen) atoms. The molecule has 1 N–H and O–H groups in total. The molecule has 2 atom stereocenters. The highest BCUT2D eigenvalue weighted by atomic mass is 32.2. The van der Waals surface area contributed by atoms with Crippen molar-refractivity contribution in [1.82, 2.24) is 4.98 Å². The summed E-state index contributed by atoms with van der Waals surface area (Å²) in [7, 11) is 0. The summed E-state index contributed by atoms with van der Waals surface area (Å²) in [5, 5.41) is 1.59. The molecule has 0 fully saturated rings. The van der Waals surface area contributed by atoms with Crippen molar-refractivity contribution >= 4 is 22.7 Å². The highest BCUT2D eigenvalue weighted by Crippen LogP contribution is 2.48. The number of H-pyrrole nitrogens is 1. The normalized spacial score (nSPS) is 13.2. The van der Waals surface area contributed by atoms with Crippen LogP contribution in [0, 0.1) is 13.8 Å². The standard InChI is InChI=1S/C31H29NS/c1-22-12-16-25(17-13-22)30(28-20-32-29-11-7-6-10-27(28)29)31(26-18-14-23(2)15-19-26)33-21-24-8-4-3-5-9-24/h3-20,30-32H,21H2,1-2H3/t30-,31+/m1/s1. The number of aryl methyl sites for hydroxylation is 2. The molecule has 0 aliphatic rings. The molecule has 0 spiro atoms. The van der Waals surface area contributed by atoms with Crippen molar-refractivity contribution in [2.24, 2.45) is 0 Å². The van der Waals surface area contributed by atoms with Crippen molar-refractivity contribution in [3.63, 3.8) is 0 Å². The fourth-order valence-corrected chi connectivity index (χ4v) is 5.95. The SMILES string of the molecule is Cc1ccc([C@H](c2c[nH]c3ccccc23)[C@@H](SCc2ccccc2)c2ccc(C)cc2)cc1. The lowest BCUT2D eigenvalue weighted by atomic mass is 9.85. The molecule has 5 aromatic rings. The number of para-hydroxylation sites is 1. The highest BCUT2D eigenvalue weighted by molar-refractivity contribution is 7.98. The number of benzene rings is 4. The molecule has 0 radical (unpaired) electrons. The van der Waals surface area contributed by atoms with Crippen molar-refractivity contribution < 1.29 is 0 Å². The number of hydrogen-bond acceptors (Lipinski definition) is 1. The molecule has 1 aromatic heterocycles. The molecule has 0 aliphatic carbocycles. The smallest absolute Gasteiger partial charge is 0.0457 e. The van der Waals surface area contributed by atoms with Crippen molar-refractivity contribution in [3.05, 3.63) is 143 Å². The van der Waals surface area contributed by atoms with E-state index in [1.165, 1.54) is 44.3 Å². The van der Waals surface area contributed by atoms with Crippen molar-refractivity contribution in [1.29, 1.82) is 0 Å². The van der Waals surface area contributed by atoms with Crippen molar-refractivity contribution in [3.8, 4) is 0 Å². The Morgan fingerprint density at radius 2 is 1.27 bits per heavy atom. The highest BCUT2D eigenvalue weighted by Gasteiger charge is 2.29. The van der Waals surface area contributed by atoms with E-state index in [-0.39, 0.29) is 11.2 Å². The van der Waals surface area contributed by atoms with Gasteiger partial charge in [0.1, 0.15) is 0 Å². The van der Waals surface area contributed by atoms with Crippen LogP contribution >= 0.6 is 11.8 Å². The van der Waals surface area contributed by atoms with Gasteiger partial charge in [-0.25, -0.2) is 0 Å². The summed E-state index contributed by atoms with van der Waals surface area (Å²) in [6.07, 6.45) is 2.22. The van der Waals surface area contributed by atoms with Crippen LogP contribution in [0.5, 0.6) is 0 Å². The number of aromatic amines is 1. The summed E-state index contributed by atoms with van der Waals surface area (Å²) >= 11 is 2.03. The molecule has 0 aliphatic heterocycles. The van der Waals surface area contributed by atoms with E-state index in [4.69, 9.17) is 0 Å². The Morgan fingerprint density at radius 1 is 0.667 bits per heavy atom. The Hall–Kier alpha value is -3.23. The molecule has 0 saturated carbocycles. The summed E-state index contributed by atoms with van der Waals surface area (Å²) in [4.78, 5) is 3.53. The van der Waals surface area contributed by atoms with Crippen LogP contribution < -0.4 is 0 Å². The predicted octanol–water partition coefficient (Wildman–Crippen LogP) is 8.59. The van der Waals surface area contributed by atoms with Gasteiger partial charge in [-0.2, -0.15) is 0 Å². The number of rotatable bonds is 7. The van der Waals surface area contributed by atoms with Crippen LogP contribution in [0.2, 0.25) is 0 Å². The first-order valence-corrected chi connectivity index (χ1v) is 12.6. The lowest BCUT2D eigenvalue weighted by Crippen LogP contribution is -2.11. The summed E-state index contributed by atoms with van der Waals surface area (Å²) in [6, 6.07) is 37.7. The maximum atomic E-state index is 3.53. The Labute approximate surface area is 200 Å². The fourth-order valence-electron chi connectivity index (χ4n) is 4.54. The van der Waals surface area contributed by atoms with E-state index >= 15 is 0 Å². The average Bonchev–Trinajstić information content (AvgIpc) is 3.28. The van der Waals surface area contributed by atoms with Crippen LogP contribution in [0.15, 0.2) is 109 Å². The first kappa shape index (κ1) is 21.6. The maximum absolute atomic E-state index is 3.53. The number of fused-ring (bicyclic) bond motifs is 1. The number of nitrogens with one attached hydrogen (secondary N) is 1. The minimum atomic E-state index is 0.234. The Kier molecular flexibility index (Phi) is 6.37. The van der Waals surface area contributed by atoms with Gasteiger partial charge in [-0.3, -0.25) is 0 Å². The zero-order chi connectivity index (χ0) is 22.6. The minimum Gasteiger partial charge on any atom is -0.361 e. The predicted molar refractivity (Wildman–Crippen MR) is 143 cm³/mol. The zero-order valence-corrected chi connectivity index (χ0v) is 20.0.